The Balaban J connectivity index is 1.61. The fourth-order valence-corrected chi connectivity index (χ4v) is 7.78. The van der Waals surface area contributed by atoms with Crippen LogP contribution in [0.15, 0.2) is 11.6 Å². The van der Waals surface area contributed by atoms with Gasteiger partial charge in [0, 0.05) is 0 Å². The SMILES string of the molecule is COC(=O)C1CCC2C1CCC1C2CCC2=CC(=O)C(I)C[C@@]21C. The summed E-state index contributed by atoms with van der Waals surface area (Å²) in [5.41, 5.74) is 1.62. The van der Waals surface area contributed by atoms with Gasteiger partial charge in [0.05, 0.1) is 17.0 Å². The highest BCUT2D eigenvalue weighted by Gasteiger charge is 2.56. The fourth-order valence-electron chi connectivity index (χ4n) is 6.68. The molecule has 0 heterocycles. The van der Waals surface area contributed by atoms with Crippen molar-refractivity contribution in [2.75, 3.05) is 7.11 Å². The van der Waals surface area contributed by atoms with Gasteiger partial charge in [0.1, 0.15) is 0 Å². The van der Waals surface area contributed by atoms with Gasteiger partial charge < -0.3 is 4.74 Å². The van der Waals surface area contributed by atoms with Crippen LogP contribution in [0.4, 0.5) is 0 Å². The molecule has 0 aromatic carbocycles. The summed E-state index contributed by atoms with van der Waals surface area (Å²) in [6.07, 6.45) is 9.86. The summed E-state index contributed by atoms with van der Waals surface area (Å²) in [5, 5.41) is 0. The molecular formula is C20H27IO3. The Morgan fingerprint density at radius 2 is 1.92 bits per heavy atom. The Morgan fingerprint density at radius 3 is 2.67 bits per heavy atom. The number of hydrogen-bond acceptors (Lipinski definition) is 3. The second-order valence-electron chi connectivity index (χ2n) is 8.58. The molecule has 3 nitrogen and oxygen atoms in total. The Labute approximate surface area is 158 Å². The van der Waals surface area contributed by atoms with Gasteiger partial charge >= 0.3 is 5.97 Å². The minimum atomic E-state index is 0.0131. The highest BCUT2D eigenvalue weighted by atomic mass is 127. The van der Waals surface area contributed by atoms with Crippen molar-refractivity contribution in [2.45, 2.75) is 55.8 Å². The Morgan fingerprint density at radius 1 is 1.17 bits per heavy atom. The summed E-state index contributed by atoms with van der Waals surface area (Å²) in [6, 6.07) is 0. The third kappa shape index (κ3) is 2.42. The molecule has 0 spiro atoms. The molecule has 0 saturated heterocycles. The van der Waals surface area contributed by atoms with E-state index in [4.69, 9.17) is 4.74 Å². The summed E-state index contributed by atoms with van der Waals surface area (Å²) < 4.78 is 5.20. The minimum Gasteiger partial charge on any atom is -0.469 e. The quantitative estimate of drug-likeness (QED) is 0.345. The average Bonchev–Trinajstić information content (AvgIpc) is 3.00. The van der Waals surface area contributed by atoms with Crippen LogP contribution in [-0.2, 0) is 14.3 Å². The zero-order valence-corrected chi connectivity index (χ0v) is 16.8. The molecule has 4 aliphatic carbocycles. The number of alkyl halides is 1. The van der Waals surface area contributed by atoms with Crippen molar-refractivity contribution in [3.8, 4) is 0 Å². The van der Waals surface area contributed by atoms with E-state index < -0.39 is 0 Å². The van der Waals surface area contributed by atoms with Crippen molar-refractivity contribution < 1.29 is 14.3 Å². The molecule has 0 aliphatic heterocycles. The maximum atomic E-state index is 12.1. The summed E-state index contributed by atoms with van der Waals surface area (Å²) in [5.74, 6) is 3.12. The number of carbonyl (C=O) groups is 2. The molecule has 7 atom stereocenters. The van der Waals surface area contributed by atoms with Gasteiger partial charge in [0.2, 0.25) is 0 Å². The maximum absolute atomic E-state index is 12.1. The molecule has 0 radical (unpaired) electrons. The molecule has 0 N–H and O–H groups in total. The first-order valence-electron chi connectivity index (χ1n) is 9.42. The van der Waals surface area contributed by atoms with E-state index in [9.17, 15) is 9.59 Å². The van der Waals surface area contributed by atoms with E-state index in [2.05, 4.69) is 29.5 Å². The average molecular weight is 442 g/mol. The monoisotopic (exact) mass is 442 g/mol. The molecule has 3 fully saturated rings. The van der Waals surface area contributed by atoms with Gasteiger partial charge in [-0.05, 0) is 80.1 Å². The zero-order valence-electron chi connectivity index (χ0n) is 14.6. The van der Waals surface area contributed by atoms with E-state index >= 15 is 0 Å². The first kappa shape index (κ1) is 17.0. The van der Waals surface area contributed by atoms with Crippen molar-refractivity contribution >= 4 is 34.3 Å². The third-order valence-electron chi connectivity index (χ3n) is 7.79. The minimum absolute atomic E-state index is 0.0131. The van der Waals surface area contributed by atoms with E-state index in [-0.39, 0.29) is 21.2 Å². The fraction of sp³-hybridized carbons (Fsp3) is 0.800. The van der Waals surface area contributed by atoms with Crippen molar-refractivity contribution in [3.63, 3.8) is 0 Å². The number of esters is 1. The molecule has 6 unspecified atom stereocenters. The number of ketones is 1. The first-order chi connectivity index (χ1) is 11.5. The van der Waals surface area contributed by atoms with Crippen molar-refractivity contribution in [3.05, 3.63) is 11.6 Å². The Kier molecular flexibility index (Phi) is 4.33. The topological polar surface area (TPSA) is 43.4 Å². The molecule has 4 rings (SSSR count). The maximum Gasteiger partial charge on any atom is 0.308 e. The van der Waals surface area contributed by atoms with E-state index in [1.54, 1.807) is 0 Å². The number of halogens is 1. The lowest BCUT2D eigenvalue weighted by Crippen LogP contribution is -2.49. The van der Waals surface area contributed by atoms with Gasteiger partial charge in [-0.25, -0.2) is 0 Å². The second kappa shape index (κ2) is 6.10. The van der Waals surface area contributed by atoms with Crippen LogP contribution in [0.3, 0.4) is 0 Å². The number of methoxy groups -OCH3 is 1. The summed E-state index contributed by atoms with van der Waals surface area (Å²) in [4.78, 5) is 24.3. The lowest BCUT2D eigenvalue weighted by atomic mass is 9.49. The van der Waals surface area contributed by atoms with Gasteiger partial charge in [0.25, 0.3) is 0 Å². The zero-order chi connectivity index (χ0) is 17.1. The largest absolute Gasteiger partial charge is 0.469 e. The molecule has 3 saturated carbocycles. The van der Waals surface area contributed by atoms with Gasteiger partial charge in [-0.2, -0.15) is 0 Å². The van der Waals surface area contributed by atoms with Crippen molar-refractivity contribution in [1.82, 2.24) is 0 Å². The predicted octanol–water partition coefficient (Wildman–Crippen LogP) is 4.33. The lowest BCUT2D eigenvalue weighted by Gasteiger charge is -2.55. The number of hydrogen-bond donors (Lipinski definition) is 0. The number of ether oxygens (including phenoxy) is 1. The number of carbonyl (C=O) groups excluding carboxylic acids is 2. The molecule has 4 heteroatoms. The van der Waals surface area contributed by atoms with Crippen LogP contribution in [0.25, 0.3) is 0 Å². The van der Waals surface area contributed by atoms with Crippen LogP contribution in [0.1, 0.15) is 51.9 Å². The first-order valence-corrected chi connectivity index (χ1v) is 10.7. The summed E-state index contributed by atoms with van der Waals surface area (Å²) in [7, 11) is 1.53. The molecule has 0 bridgehead atoms. The van der Waals surface area contributed by atoms with E-state index in [1.807, 2.05) is 6.08 Å². The van der Waals surface area contributed by atoms with Crippen molar-refractivity contribution in [2.24, 2.45) is 35.0 Å². The van der Waals surface area contributed by atoms with Gasteiger partial charge in [-0.15, -0.1) is 0 Å². The van der Waals surface area contributed by atoms with E-state index in [0.717, 1.165) is 31.6 Å². The molecule has 0 aromatic heterocycles. The van der Waals surface area contributed by atoms with E-state index in [1.165, 1.54) is 31.9 Å². The molecule has 0 aromatic rings. The Bertz CT molecular complexity index is 598. The lowest BCUT2D eigenvalue weighted by molar-refractivity contribution is -0.148. The molecular weight excluding hydrogens is 415 g/mol. The van der Waals surface area contributed by atoms with Crippen LogP contribution in [0.5, 0.6) is 0 Å². The standard InChI is InChI=1S/C20H27IO3/c1-20-10-17(21)18(22)9-11(20)3-4-14-12-5-6-15(19(23)24-2)13(12)7-8-16(14)20/h9,12-17H,3-8,10H2,1-2H3/t12?,13?,14?,15?,16?,17?,20-/m0/s1. The molecule has 24 heavy (non-hydrogen) atoms. The van der Waals surface area contributed by atoms with E-state index in [0.29, 0.717) is 23.5 Å². The Hall–Kier alpha value is -0.390. The van der Waals surface area contributed by atoms with Gasteiger partial charge in [-0.3, -0.25) is 9.59 Å². The second-order valence-corrected chi connectivity index (χ2v) is 10.1. The number of allylic oxidation sites excluding steroid dienone is 1. The normalized spacial score (nSPS) is 47.3. The summed E-state index contributed by atoms with van der Waals surface area (Å²) >= 11 is 2.34. The number of rotatable bonds is 1. The highest BCUT2D eigenvalue weighted by molar-refractivity contribution is 14.1. The third-order valence-corrected chi connectivity index (χ3v) is 8.84. The van der Waals surface area contributed by atoms with Crippen LogP contribution in [-0.4, -0.2) is 22.8 Å². The number of fused-ring (bicyclic) bond motifs is 5. The van der Waals surface area contributed by atoms with Crippen LogP contribution >= 0.6 is 22.6 Å². The molecule has 4 aliphatic rings. The molecule has 132 valence electrons. The van der Waals surface area contributed by atoms with Crippen molar-refractivity contribution in [1.29, 1.82) is 0 Å². The van der Waals surface area contributed by atoms with Gasteiger partial charge in [-0.1, -0.05) is 35.1 Å². The summed E-state index contributed by atoms with van der Waals surface area (Å²) in [6.45, 7) is 2.42. The van der Waals surface area contributed by atoms with Crippen LogP contribution in [0.2, 0.25) is 0 Å². The predicted molar refractivity (Wildman–Crippen MR) is 101 cm³/mol. The highest BCUT2D eigenvalue weighted by Crippen LogP contribution is 2.62. The van der Waals surface area contributed by atoms with Gasteiger partial charge in [0.15, 0.2) is 5.78 Å². The smallest absolute Gasteiger partial charge is 0.308 e. The molecule has 0 amide bonds. The van der Waals surface area contributed by atoms with Crippen LogP contribution < -0.4 is 0 Å². The van der Waals surface area contributed by atoms with Crippen LogP contribution in [0, 0.1) is 35.0 Å².